The van der Waals surface area contributed by atoms with Crippen LogP contribution < -0.4 is 31.7 Å². The molecule has 8 rings (SSSR count). The van der Waals surface area contributed by atoms with Crippen LogP contribution in [-0.2, 0) is 14.4 Å². The number of nitrogens with zero attached hydrogens (tertiary/aromatic N) is 7. The van der Waals surface area contributed by atoms with Crippen LogP contribution in [0.1, 0.15) is 101 Å². The molecule has 1 unspecified atom stereocenters. The van der Waals surface area contributed by atoms with Crippen LogP contribution in [0.25, 0.3) is 11.0 Å². The molecule has 6 heterocycles. The van der Waals surface area contributed by atoms with E-state index in [2.05, 4.69) is 41.0 Å². The fourth-order valence-corrected chi connectivity index (χ4v) is 8.89. The number of Topliss-reactive ketones (excluding diaryl/α,β-unsaturated/α-hetero) is 1. The van der Waals surface area contributed by atoms with Gasteiger partial charge in [0.15, 0.2) is 5.78 Å². The number of hydrogen-bond acceptors (Lipinski definition) is 14. The second kappa shape index (κ2) is 17.6. The molecule has 318 valence electrons. The Bertz CT molecular complexity index is 2470. The lowest BCUT2D eigenvalue weighted by atomic mass is 10.0. The number of pyridine rings is 2. The summed E-state index contributed by atoms with van der Waals surface area (Å²) in [6, 6.07) is 7.56. The van der Waals surface area contributed by atoms with Crippen molar-refractivity contribution in [2.24, 2.45) is 0 Å². The molecule has 1 aliphatic carbocycles. The number of piperazine rings is 1. The molecule has 3 fully saturated rings. The Hall–Kier alpha value is -6.56. The molecular formula is C43H49N11O7. The maximum Gasteiger partial charge on any atom is 0.264 e. The van der Waals surface area contributed by atoms with Gasteiger partial charge in [-0.2, -0.15) is 4.98 Å². The normalized spacial score (nSPS) is 18.4. The van der Waals surface area contributed by atoms with E-state index in [-0.39, 0.29) is 59.4 Å². The molecule has 0 bridgehead atoms. The standard InChI is InChI=1S/C43H49N11O7/c1-25-30-23-47-43(50-38(30)53(27-8-3-4-9-27)41(60)36(25)26(2)55)48-33-14-12-28(22-46-33)52-20-18-51(19-21-52)17-6-5-16-44-35(57)24-45-31-11-7-10-29-37(31)42(61)54(40(29)59)32-13-15-34(56)49-39(32)58/h7,10-12,14,22-23,27,32,45H,3-6,8-9,13,15-21,24H2,1-2H3,(H,44,57)(H,49,56,58)(H,46,47,48,50). The van der Waals surface area contributed by atoms with Crippen molar-refractivity contribution < 1.29 is 28.8 Å². The molecule has 4 N–H and O–H groups in total. The second-order valence-electron chi connectivity index (χ2n) is 16.0. The first-order chi connectivity index (χ1) is 29.5. The van der Waals surface area contributed by atoms with Gasteiger partial charge in [-0.3, -0.25) is 53.2 Å². The summed E-state index contributed by atoms with van der Waals surface area (Å²) in [5.41, 5.74) is 2.63. The van der Waals surface area contributed by atoms with Gasteiger partial charge in [-0.1, -0.05) is 18.9 Å². The molecule has 3 aliphatic heterocycles. The molecule has 2 saturated heterocycles. The minimum atomic E-state index is -1.06. The molecule has 1 saturated carbocycles. The lowest BCUT2D eigenvalue weighted by molar-refractivity contribution is -0.136. The number of hydrogen-bond donors (Lipinski definition) is 4. The molecule has 18 nitrogen and oxygen atoms in total. The highest BCUT2D eigenvalue weighted by Gasteiger charge is 2.45. The molecule has 4 aromatic rings. The number of fused-ring (bicyclic) bond motifs is 2. The molecule has 0 spiro atoms. The second-order valence-corrected chi connectivity index (χ2v) is 16.0. The molecule has 1 atom stereocenters. The van der Waals surface area contributed by atoms with Gasteiger partial charge in [0, 0.05) is 62.5 Å². The first-order valence-corrected chi connectivity index (χ1v) is 21.0. The molecule has 0 radical (unpaired) electrons. The Morgan fingerprint density at radius 2 is 1.69 bits per heavy atom. The first kappa shape index (κ1) is 41.2. The highest BCUT2D eigenvalue weighted by Crippen LogP contribution is 2.34. The lowest BCUT2D eigenvalue weighted by Crippen LogP contribution is -2.54. The third-order valence-corrected chi connectivity index (χ3v) is 12.1. The molecule has 1 aromatic carbocycles. The summed E-state index contributed by atoms with van der Waals surface area (Å²) in [6.45, 7) is 7.95. The Balaban J connectivity index is 0.768. The van der Waals surface area contributed by atoms with Gasteiger partial charge in [-0.25, -0.2) is 9.97 Å². The summed E-state index contributed by atoms with van der Waals surface area (Å²) >= 11 is 0. The number of benzene rings is 1. The Labute approximate surface area is 351 Å². The average Bonchev–Trinajstić information content (AvgIpc) is 3.86. The number of aryl methyl sites for hydroxylation is 1. The van der Waals surface area contributed by atoms with Gasteiger partial charge in [0.25, 0.3) is 17.4 Å². The highest BCUT2D eigenvalue weighted by molar-refractivity contribution is 6.25. The molecule has 4 aliphatic rings. The fraction of sp³-hybridized carbons (Fsp3) is 0.442. The minimum absolute atomic E-state index is 0.00438. The molecule has 3 aromatic heterocycles. The summed E-state index contributed by atoms with van der Waals surface area (Å²) in [7, 11) is 0. The third-order valence-electron chi connectivity index (χ3n) is 12.1. The van der Waals surface area contributed by atoms with Crippen molar-refractivity contribution in [1.29, 1.82) is 0 Å². The van der Waals surface area contributed by atoms with Crippen LogP contribution in [0.5, 0.6) is 0 Å². The van der Waals surface area contributed by atoms with Crippen molar-refractivity contribution in [2.45, 2.75) is 77.3 Å². The van der Waals surface area contributed by atoms with E-state index in [1.807, 2.05) is 18.3 Å². The van der Waals surface area contributed by atoms with Gasteiger partial charge in [-0.05, 0) is 82.3 Å². The predicted molar refractivity (Wildman–Crippen MR) is 226 cm³/mol. The number of amides is 5. The summed E-state index contributed by atoms with van der Waals surface area (Å²) in [5, 5.41) is 12.0. The van der Waals surface area contributed by atoms with Crippen LogP contribution >= 0.6 is 0 Å². The summed E-state index contributed by atoms with van der Waals surface area (Å²) < 4.78 is 1.70. The summed E-state index contributed by atoms with van der Waals surface area (Å²) in [5.74, 6) is -1.97. The lowest BCUT2D eigenvalue weighted by Gasteiger charge is -2.36. The highest BCUT2D eigenvalue weighted by atomic mass is 16.2. The fourth-order valence-electron chi connectivity index (χ4n) is 8.89. The van der Waals surface area contributed by atoms with Crippen LogP contribution in [0, 0.1) is 6.92 Å². The van der Waals surface area contributed by atoms with E-state index >= 15 is 0 Å². The molecule has 18 heteroatoms. The van der Waals surface area contributed by atoms with Crippen LogP contribution in [0.2, 0.25) is 0 Å². The van der Waals surface area contributed by atoms with Crippen molar-refractivity contribution in [3.8, 4) is 0 Å². The number of aromatic nitrogens is 4. The number of nitrogens with one attached hydrogen (secondary N) is 4. The zero-order chi connectivity index (χ0) is 42.8. The zero-order valence-electron chi connectivity index (χ0n) is 34.3. The SMILES string of the molecule is CC(=O)c1c(C)c2cnc(Nc3ccc(N4CCN(CCCCNC(=O)CNc5cccc6c5C(=O)N(C5CCC(=O)NC5=O)C6=O)CC4)cn3)nc2n(C2CCCC2)c1=O. The van der Waals surface area contributed by atoms with Crippen LogP contribution in [0.4, 0.5) is 23.1 Å². The number of carbonyl (C=O) groups excluding carboxylic acids is 6. The van der Waals surface area contributed by atoms with Crippen LogP contribution in [0.15, 0.2) is 47.5 Å². The number of rotatable bonds is 14. The van der Waals surface area contributed by atoms with E-state index in [4.69, 9.17) is 4.98 Å². The van der Waals surface area contributed by atoms with Gasteiger partial charge in [0.05, 0.1) is 35.1 Å². The van der Waals surface area contributed by atoms with Crippen molar-refractivity contribution in [2.75, 3.05) is 61.3 Å². The topological polar surface area (TPSA) is 221 Å². The predicted octanol–water partition coefficient (Wildman–Crippen LogP) is 3.09. The third kappa shape index (κ3) is 8.44. The minimum Gasteiger partial charge on any atom is -0.375 e. The van der Waals surface area contributed by atoms with Gasteiger partial charge in [-0.15, -0.1) is 0 Å². The Kier molecular flexibility index (Phi) is 11.9. The smallest absolute Gasteiger partial charge is 0.264 e. The van der Waals surface area contributed by atoms with E-state index in [9.17, 15) is 33.6 Å². The van der Waals surface area contributed by atoms with Gasteiger partial charge in [0.2, 0.25) is 23.7 Å². The van der Waals surface area contributed by atoms with Gasteiger partial charge >= 0.3 is 0 Å². The van der Waals surface area contributed by atoms with E-state index in [0.29, 0.717) is 40.6 Å². The number of unbranched alkanes of at least 4 members (excludes halogenated alkanes) is 1. The average molecular weight is 832 g/mol. The van der Waals surface area contributed by atoms with E-state index < -0.39 is 29.7 Å². The van der Waals surface area contributed by atoms with Crippen LogP contribution in [-0.4, -0.2) is 116 Å². The van der Waals surface area contributed by atoms with Crippen molar-refractivity contribution in [1.82, 2.24) is 40.0 Å². The number of anilines is 4. The monoisotopic (exact) mass is 831 g/mol. The summed E-state index contributed by atoms with van der Waals surface area (Å²) in [4.78, 5) is 109. The molecular weight excluding hydrogens is 783 g/mol. The number of carbonyl (C=O) groups is 6. The van der Waals surface area contributed by atoms with Crippen molar-refractivity contribution in [3.05, 3.63) is 75.3 Å². The Morgan fingerprint density at radius 3 is 2.41 bits per heavy atom. The van der Waals surface area contributed by atoms with Gasteiger partial charge in [0.1, 0.15) is 17.5 Å². The Morgan fingerprint density at radius 1 is 0.902 bits per heavy atom. The van der Waals surface area contributed by atoms with Crippen molar-refractivity contribution >= 4 is 69.5 Å². The molecule has 61 heavy (non-hydrogen) atoms. The maximum absolute atomic E-state index is 13.6. The quantitative estimate of drug-likeness (QED) is 0.0816. The van der Waals surface area contributed by atoms with E-state index in [1.165, 1.54) is 13.0 Å². The van der Waals surface area contributed by atoms with Crippen LogP contribution in [0.3, 0.4) is 0 Å². The number of imide groups is 2. The van der Waals surface area contributed by atoms with E-state index in [1.54, 1.807) is 29.8 Å². The van der Waals surface area contributed by atoms with Crippen molar-refractivity contribution in [3.63, 3.8) is 0 Å². The van der Waals surface area contributed by atoms with E-state index in [0.717, 1.165) is 81.8 Å². The number of piperidine rings is 1. The largest absolute Gasteiger partial charge is 0.375 e. The maximum atomic E-state index is 13.6. The van der Waals surface area contributed by atoms with Gasteiger partial charge < -0.3 is 20.9 Å². The zero-order valence-corrected chi connectivity index (χ0v) is 34.3. The summed E-state index contributed by atoms with van der Waals surface area (Å²) in [6.07, 6.45) is 9.09. The number of ketones is 1. The first-order valence-electron chi connectivity index (χ1n) is 21.0. The molecule has 5 amide bonds.